The van der Waals surface area contributed by atoms with Gasteiger partial charge in [-0.2, -0.15) is 0 Å². The number of rotatable bonds is 4. The Kier molecular flexibility index (Phi) is 4.50. The Morgan fingerprint density at radius 1 is 1.38 bits per heavy atom. The summed E-state index contributed by atoms with van der Waals surface area (Å²) >= 11 is 0. The Labute approximate surface area is 96.7 Å². The third kappa shape index (κ3) is 2.83. The van der Waals surface area contributed by atoms with Crippen molar-refractivity contribution in [1.29, 1.82) is 0 Å². The molecule has 3 heteroatoms. The summed E-state index contributed by atoms with van der Waals surface area (Å²) in [6.45, 7) is 7.02. The topological polar surface area (TPSA) is 40.5 Å². The van der Waals surface area contributed by atoms with Crippen molar-refractivity contribution in [2.24, 2.45) is 0 Å². The molecule has 1 unspecified atom stereocenters. The average molecular weight is 221 g/mol. The van der Waals surface area contributed by atoms with Crippen LogP contribution >= 0.6 is 0 Å². The summed E-state index contributed by atoms with van der Waals surface area (Å²) in [5.74, 6) is 0.0208. The van der Waals surface area contributed by atoms with E-state index in [1.54, 1.807) is 30.0 Å². The van der Waals surface area contributed by atoms with Gasteiger partial charge in [0.1, 0.15) is 0 Å². The Morgan fingerprint density at radius 2 is 2.00 bits per heavy atom. The van der Waals surface area contributed by atoms with Gasteiger partial charge in [-0.25, -0.2) is 0 Å². The van der Waals surface area contributed by atoms with Gasteiger partial charge in [-0.1, -0.05) is 12.1 Å². The summed E-state index contributed by atoms with van der Waals surface area (Å²) in [5, 5.41) is 9.46. The average Bonchev–Trinajstić information content (AvgIpc) is 2.30. The first-order valence-electron chi connectivity index (χ1n) is 5.67. The molecule has 1 rings (SSSR count). The van der Waals surface area contributed by atoms with E-state index >= 15 is 0 Å². The van der Waals surface area contributed by atoms with Crippen molar-refractivity contribution >= 4 is 5.91 Å². The van der Waals surface area contributed by atoms with Crippen LogP contribution in [0.4, 0.5) is 0 Å². The summed E-state index contributed by atoms with van der Waals surface area (Å²) in [7, 11) is 0. The fourth-order valence-corrected chi connectivity index (χ4v) is 1.62. The number of aliphatic hydroxyl groups excluding tert-OH is 1. The van der Waals surface area contributed by atoms with Gasteiger partial charge in [0.15, 0.2) is 0 Å². The standard InChI is InChI=1S/C13H19NO2/c1-4-14(5-2)13(16)12-8-6-7-11(9-12)10(3)15/h6-10,15H,4-5H2,1-3H3. The van der Waals surface area contributed by atoms with Crippen molar-refractivity contribution in [1.82, 2.24) is 4.90 Å². The van der Waals surface area contributed by atoms with E-state index in [4.69, 9.17) is 0 Å². The molecule has 1 aromatic rings. The summed E-state index contributed by atoms with van der Waals surface area (Å²) in [6, 6.07) is 7.17. The number of aliphatic hydroxyl groups is 1. The Morgan fingerprint density at radius 3 is 2.50 bits per heavy atom. The first kappa shape index (κ1) is 12.7. The molecule has 0 radical (unpaired) electrons. The highest BCUT2D eigenvalue weighted by atomic mass is 16.3. The van der Waals surface area contributed by atoms with E-state index in [1.807, 2.05) is 19.9 Å². The van der Waals surface area contributed by atoms with Crippen molar-refractivity contribution in [2.45, 2.75) is 26.9 Å². The number of benzene rings is 1. The van der Waals surface area contributed by atoms with Gasteiger partial charge < -0.3 is 10.0 Å². The molecule has 0 aromatic heterocycles. The molecule has 88 valence electrons. The minimum atomic E-state index is -0.538. The van der Waals surface area contributed by atoms with Gasteiger partial charge in [0.2, 0.25) is 0 Å². The summed E-state index contributed by atoms with van der Waals surface area (Å²) in [6.07, 6.45) is -0.538. The number of hydrogen-bond donors (Lipinski definition) is 1. The monoisotopic (exact) mass is 221 g/mol. The molecule has 1 N–H and O–H groups in total. The van der Waals surface area contributed by atoms with Gasteiger partial charge in [0.25, 0.3) is 5.91 Å². The van der Waals surface area contributed by atoms with E-state index in [9.17, 15) is 9.90 Å². The van der Waals surface area contributed by atoms with Gasteiger partial charge in [0, 0.05) is 18.7 Å². The molecule has 1 aromatic carbocycles. The van der Waals surface area contributed by atoms with E-state index in [1.165, 1.54) is 0 Å². The zero-order valence-corrected chi connectivity index (χ0v) is 10.1. The molecule has 0 heterocycles. The molecule has 0 spiro atoms. The van der Waals surface area contributed by atoms with E-state index in [-0.39, 0.29) is 5.91 Å². The largest absolute Gasteiger partial charge is 0.389 e. The predicted octanol–water partition coefficient (Wildman–Crippen LogP) is 2.22. The molecule has 0 fully saturated rings. The fourth-order valence-electron chi connectivity index (χ4n) is 1.62. The lowest BCUT2D eigenvalue weighted by atomic mass is 10.1. The second-order valence-electron chi connectivity index (χ2n) is 3.78. The van der Waals surface area contributed by atoms with Crippen molar-refractivity contribution in [3.8, 4) is 0 Å². The van der Waals surface area contributed by atoms with Crippen LogP contribution in [-0.4, -0.2) is 29.0 Å². The maximum Gasteiger partial charge on any atom is 0.253 e. The van der Waals surface area contributed by atoms with Crippen LogP contribution in [0, 0.1) is 0 Å². The predicted molar refractivity (Wildman–Crippen MR) is 64.3 cm³/mol. The van der Waals surface area contributed by atoms with Crippen LogP contribution in [-0.2, 0) is 0 Å². The smallest absolute Gasteiger partial charge is 0.253 e. The Bertz CT molecular complexity index is 357. The highest BCUT2D eigenvalue weighted by Gasteiger charge is 2.13. The van der Waals surface area contributed by atoms with Gasteiger partial charge in [-0.15, -0.1) is 0 Å². The fraction of sp³-hybridized carbons (Fsp3) is 0.462. The number of amides is 1. The van der Waals surface area contributed by atoms with Crippen molar-refractivity contribution in [3.05, 3.63) is 35.4 Å². The first-order chi connectivity index (χ1) is 7.60. The Hall–Kier alpha value is -1.35. The number of carbonyl (C=O) groups is 1. The minimum Gasteiger partial charge on any atom is -0.389 e. The van der Waals surface area contributed by atoms with Gasteiger partial charge >= 0.3 is 0 Å². The summed E-state index contributed by atoms with van der Waals surface area (Å²) in [5.41, 5.74) is 1.42. The third-order valence-electron chi connectivity index (χ3n) is 2.67. The molecular formula is C13H19NO2. The normalized spacial score (nSPS) is 12.2. The second kappa shape index (κ2) is 5.66. The maximum absolute atomic E-state index is 12.0. The molecular weight excluding hydrogens is 202 g/mol. The molecule has 0 saturated heterocycles. The van der Waals surface area contributed by atoms with E-state index in [0.29, 0.717) is 18.7 Å². The number of carbonyl (C=O) groups excluding carboxylic acids is 1. The molecule has 0 aliphatic rings. The van der Waals surface area contributed by atoms with Crippen LogP contribution < -0.4 is 0 Å². The summed E-state index contributed by atoms with van der Waals surface area (Å²) < 4.78 is 0. The molecule has 0 aliphatic carbocycles. The second-order valence-corrected chi connectivity index (χ2v) is 3.78. The molecule has 16 heavy (non-hydrogen) atoms. The molecule has 0 bridgehead atoms. The van der Waals surface area contributed by atoms with Gasteiger partial charge in [-0.3, -0.25) is 4.79 Å². The molecule has 1 amide bonds. The van der Waals surface area contributed by atoms with Crippen LogP contribution in [0.15, 0.2) is 24.3 Å². The lowest BCUT2D eigenvalue weighted by Gasteiger charge is -2.19. The van der Waals surface area contributed by atoms with E-state index in [0.717, 1.165) is 5.56 Å². The molecule has 0 aliphatic heterocycles. The third-order valence-corrected chi connectivity index (χ3v) is 2.67. The maximum atomic E-state index is 12.0. The van der Waals surface area contributed by atoms with Crippen molar-refractivity contribution in [2.75, 3.05) is 13.1 Å². The quantitative estimate of drug-likeness (QED) is 0.847. The zero-order chi connectivity index (χ0) is 12.1. The lowest BCUT2D eigenvalue weighted by molar-refractivity contribution is 0.0772. The molecule has 0 saturated carbocycles. The van der Waals surface area contributed by atoms with Crippen LogP contribution in [0.3, 0.4) is 0 Å². The first-order valence-corrected chi connectivity index (χ1v) is 5.67. The van der Waals surface area contributed by atoms with Crippen molar-refractivity contribution < 1.29 is 9.90 Å². The Balaban J connectivity index is 2.95. The van der Waals surface area contributed by atoms with Crippen molar-refractivity contribution in [3.63, 3.8) is 0 Å². The SMILES string of the molecule is CCN(CC)C(=O)c1cccc(C(C)O)c1. The van der Waals surface area contributed by atoms with E-state index < -0.39 is 6.10 Å². The van der Waals surface area contributed by atoms with Crippen LogP contribution in [0.1, 0.15) is 42.8 Å². The van der Waals surface area contributed by atoms with Crippen LogP contribution in [0.2, 0.25) is 0 Å². The molecule has 3 nitrogen and oxygen atoms in total. The minimum absolute atomic E-state index is 0.0208. The van der Waals surface area contributed by atoms with Crippen LogP contribution in [0.5, 0.6) is 0 Å². The van der Waals surface area contributed by atoms with Gasteiger partial charge in [-0.05, 0) is 38.5 Å². The lowest BCUT2D eigenvalue weighted by Crippen LogP contribution is -2.30. The molecule has 1 atom stereocenters. The number of nitrogens with zero attached hydrogens (tertiary/aromatic N) is 1. The summed E-state index contributed by atoms with van der Waals surface area (Å²) in [4.78, 5) is 13.8. The zero-order valence-electron chi connectivity index (χ0n) is 10.1. The van der Waals surface area contributed by atoms with Gasteiger partial charge in [0.05, 0.1) is 6.10 Å². The highest BCUT2D eigenvalue weighted by Crippen LogP contribution is 2.15. The number of hydrogen-bond acceptors (Lipinski definition) is 2. The van der Waals surface area contributed by atoms with E-state index in [2.05, 4.69) is 0 Å². The highest BCUT2D eigenvalue weighted by molar-refractivity contribution is 5.94. The van der Waals surface area contributed by atoms with Crippen LogP contribution in [0.25, 0.3) is 0 Å².